The molecule has 112 valence electrons. The quantitative estimate of drug-likeness (QED) is 0.796. The van der Waals surface area contributed by atoms with Gasteiger partial charge in [-0.3, -0.25) is 14.7 Å². The number of aromatic nitrogens is 3. The van der Waals surface area contributed by atoms with Crippen LogP contribution in [0, 0.1) is 6.92 Å². The van der Waals surface area contributed by atoms with E-state index >= 15 is 0 Å². The van der Waals surface area contributed by atoms with Crippen LogP contribution in [0.3, 0.4) is 0 Å². The fourth-order valence-corrected chi connectivity index (χ4v) is 3.14. The summed E-state index contributed by atoms with van der Waals surface area (Å²) in [6, 6.07) is 6.97. The summed E-state index contributed by atoms with van der Waals surface area (Å²) in [4.78, 5) is 12.0. The number of rotatable bonds is 3. The number of sulfonamides is 1. The lowest BCUT2D eigenvalue weighted by Crippen LogP contribution is -2.15. The molecule has 8 heteroatoms. The Hall–Kier alpha value is -2.25. The normalized spacial score (nSPS) is 11.5. The predicted molar refractivity (Wildman–Crippen MR) is 84.3 cm³/mol. The van der Waals surface area contributed by atoms with Crippen molar-refractivity contribution in [2.45, 2.75) is 11.9 Å². The van der Waals surface area contributed by atoms with Gasteiger partial charge in [-0.15, -0.1) is 0 Å². The molecule has 1 aromatic carbocycles. The number of anilines is 1. The molecule has 0 unspecified atom stereocenters. The molecule has 0 bridgehead atoms. The van der Waals surface area contributed by atoms with E-state index in [0.717, 1.165) is 5.39 Å². The number of halogens is 1. The molecule has 0 amide bonds. The molecule has 2 heterocycles. The summed E-state index contributed by atoms with van der Waals surface area (Å²) in [7, 11) is -3.89. The smallest absolute Gasteiger partial charge is 0.275 e. The molecule has 0 saturated carbocycles. The number of pyridine rings is 1. The summed E-state index contributed by atoms with van der Waals surface area (Å²) in [5.41, 5.74) is 1.32. The first kappa shape index (κ1) is 14.7. The Kier molecular flexibility index (Phi) is 3.67. The second-order valence-corrected chi connectivity index (χ2v) is 6.64. The molecule has 0 aliphatic heterocycles. The molecule has 0 aliphatic carbocycles. The van der Waals surface area contributed by atoms with Gasteiger partial charge in [-0.2, -0.15) is 8.42 Å². The minimum absolute atomic E-state index is 0.179. The van der Waals surface area contributed by atoms with Gasteiger partial charge in [0, 0.05) is 17.8 Å². The van der Waals surface area contributed by atoms with Crippen LogP contribution in [0.25, 0.3) is 10.9 Å². The van der Waals surface area contributed by atoms with E-state index in [0.29, 0.717) is 11.2 Å². The van der Waals surface area contributed by atoms with Crippen LogP contribution >= 0.6 is 11.6 Å². The highest BCUT2D eigenvalue weighted by atomic mass is 35.5. The lowest BCUT2D eigenvalue weighted by Gasteiger charge is -2.11. The van der Waals surface area contributed by atoms with Crippen LogP contribution in [-0.4, -0.2) is 23.4 Å². The van der Waals surface area contributed by atoms with Crippen molar-refractivity contribution in [1.29, 1.82) is 0 Å². The molecule has 1 N–H and O–H groups in total. The molecule has 0 saturated heterocycles. The Morgan fingerprint density at radius 2 is 1.91 bits per heavy atom. The molecular weight excluding hydrogens is 324 g/mol. The van der Waals surface area contributed by atoms with Crippen LogP contribution in [0.1, 0.15) is 5.69 Å². The topological polar surface area (TPSA) is 84.8 Å². The van der Waals surface area contributed by atoms with Crippen LogP contribution < -0.4 is 4.72 Å². The number of hydrogen-bond donors (Lipinski definition) is 1. The Balaban J connectivity index is 2.09. The molecule has 0 aliphatic rings. The van der Waals surface area contributed by atoms with E-state index in [1.807, 2.05) is 6.07 Å². The molecule has 6 nitrogen and oxygen atoms in total. The fraction of sp³-hybridized carbons (Fsp3) is 0.0714. The molecular formula is C14H11ClN4O2S. The van der Waals surface area contributed by atoms with E-state index in [1.165, 1.54) is 12.4 Å². The monoisotopic (exact) mass is 334 g/mol. The molecule has 22 heavy (non-hydrogen) atoms. The van der Waals surface area contributed by atoms with Crippen molar-refractivity contribution in [3.63, 3.8) is 0 Å². The summed E-state index contributed by atoms with van der Waals surface area (Å²) in [6.07, 6.45) is 4.16. The van der Waals surface area contributed by atoms with E-state index in [4.69, 9.17) is 11.6 Å². The van der Waals surface area contributed by atoms with Crippen LogP contribution in [0.4, 0.5) is 5.69 Å². The summed E-state index contributed by atoms with van der Waals surface area (Å²) in [6.45, 7) is 1.72. The molecule has 0 atom stereocenters. The zero-order valence-corrected chi connectivity index (χ0v) is 13.1. The lowest BCUT2D eigenvalue weighted by atomic mass is 10.2. The highest BCUT2D eigenvalue weighted by Gasteiger charge is 2.19. The van der Waals surface area contributed by atoms with Gasteiger partial charge < -0.3 is 0 Å². The van der Waals surface area contributed by atoms with Gasteiger partial charge in [0.2, 0.25) is 0 Å². The zero-order chi connectivity index (χ0) is 15.7. The van der Waals surface area contributed by atoms with Crippen molar-refractivity contribution in [2.24, 2.45) is 0 Å². The minimum atomic E-state index is -3.89. The largest absolute Gasteiger partial charge is 0.281 e. The SMILES string of the molecule is Cc1cnc(S(=O)(=O)Nc2c(Cl)ccc3cccnc23)cn1. The molecule has 2 aromatic heterocycles. The number of hydrogen-bond acceptors (Lipinski definition) is 5. The van der Waals surface area contributed by atoms with Crippen LogP contribution in [0.15, 0.2) is 47.9 Å². The van der Waals surface area contributed by atoms with Crippen molar-refractivity contribution in [1.82, 2.24) is 15.0 Å². The third-order valence-electron chi connectivity index (χ3n) is 2.99. The first-order chi connectivity index (χ1) is 10.5. The van der Waals surface area contributed by atoms with E-state index in [-0.39, 0.29) is 15.7 Å². The number of aryl methyl sites for hydroxylation is 1. The molecule has 0 fully saturated rings. The molecule has 3 rings (SSSR count). The van der Waals surface area contributed by atoms with Crippen LogP contribution in [0.2, 0.25) is 5.02 Å². The zero-order valence-electron chi connectivity index (χ0n) is 11.5. The molecule has 3 aromatic rings. The van der Waals surface area contributed by atoms with Gasteiger partial charge in [-0.1, -0.05) is 23.7 Å². The Morgan fingerprint density at radius 3 is 2.64 bits per heavy atom. The summed E-state index contributed by atoms with van der Waals surface area (Å²) in [5.74, 6) is 0. The van der Waals surface area contributed by atoms with Gasteiger partial charge in [0.05, 0.1) is 28.1 Å². The second-order valence-electron chi connectivity index (χ2n) is 4.60. The van der Waals surface area contributed by atoms with E-state index in [2.05, 4.69) is 19.7 Å². The van der Waals surface area contributed by atoms with Crippen LogP contribution in [-0.2, 0) is 10.0 Å². The summed E-state index contributed by atoms with van der Waals surface area (Å²) < 4.78 is 27.3. The standard InChI is InChI=1S/C14H11ClN4O2S/c1-9-7-18-12(8-17-9)22(20,21)19-14-11(15)5-4-10-3-2-6-16-13(10)14/h2-8,19H,1H3. The van der Waals surface area contributed by atoms with E-state index in [1.54, 1.807) is 31.3 Å². The maximum Gasteiger partial charge on any atom is 0.281 e. The number of benzene rings is 1. The Morgan fingerprint density at radius 1 is 1.09 bits per heavy atom. The van der Waals surface area contributed by atoms with E-state index in [9.17, 15) is 8.42 Å². The second kappa shape index (κ2) is 5.51. The highest BCUT2D eigenvalue weighted by molar-refractivity contribution is 7.92. The summed E-state index contributed by atoms with van der Waals surface area (Å²) in [5, 5.41) is 0.858. The van der Waals surface area contributed by atoms with Crippen molar-refractivity contribution in [2.75, 3.05) is 4.72 Å². The number of nitrogens with zero attached hydrogens (tertiary/aromatic N) is 3. The van der Waals surface area contributed by atoms with Gasteiger partial charge in [0.1, 0.15) is 0 Å². The first-order valence-electron chi connectivity index (χ1n) is 6.32. The maximum atomic E-state index is 12.4. The Bertz CT molecular complexity index is 943. The van der Waals surface area contributed by atoms with Gasteiger partial charge in [-0.05, 0) is 19.1 Å². The average Bonchev–Trinajstić information content (AvgIpc) is 2.50. The number of nitrogens with one attached hydrogen (secondary N) is 1. The predicted octanol–water partition coefficient (Wildman–Crippen LogP) is 2.79. The average molecular weight is 335 g/mol. The highest BCUT2D eigenvalue weighted by Crippen LogP contribution is 2.31. The van der Waals surface area contributed by atoms with Gasteiger partial charge in [0.15, 0.2) is 5.03 Å². The van der Waals surface area contributed by atoms with Crippen molar-refractivity contribution in [3.8, 4) is 0 Å². The summed E-state index contributed by atoms with van der Waals surface area (Å²) >= 11 is 6.12. The van der Waals surface area contributed by atoms with Crippen molar-refractivity contribution >= 4 is 38.2 Å². The molecule has 0 spiro atoms. The van der Waals surface area contributed by atoms with Gasteiger partial charge in [-0.25, -0.2) is 4.98 Å². The fourth-order valence-electron chi connectivity index (χ4n) is 1.92. The van der Waals surface area contributed by atoms with Crippen LogP contribution in [0.5, 0.6) is 0 Å². The van der Waals surface area contributed by atoms with Gasteiger partial charge in [0.25, 0.3) is 10.0 Å². The van der Waals surface area contributed by atoms with Crippen molar-refractivity contribution < 1.29 is 8.42 Å². The van der Waals surface area contributed by atoms with Gasteiger partial charge >= 0.3 is 0 Å². The number of fused-ring (bicyclic) bond motifs is 1. The third kappa shape index (κ3) is 2.72. The maximum absolute atomic E-state index is 12.4. The van der Waals surface area contributed by atoms with Crippen molar-refractivity contribution in [3.05, 3.63) is 53.6 Å². The third-order valence-corrected chi connectivity index (χ3v) is 4.54. The minimum Gasteiger partial charge on any atom is -0.275 e. The Labute approximate surface area is 132 Å². The molecule has 0 radical (unpaired) electrons. The lowest BCUT2D eigenvalue weighted by molar-refractivity contribution is 0.597. The van der Waals surface area contributed by atoms with E-state index < -0.39 is 10.0 Å². The first-order valence-corrected chi connectivity index (χ1v) is 8.18.